The molecule has 4 aromatic rings. The Labute approximate surface area is 154 Å². The van der Waals surface area contributed by atoms with Crippen molar-refractivity contribution in [2.45, 2.75) is 6.92 Å². The molecule has 0 N–H and O–H groups in total. The predicted molar refractivity (Wildman–Crippen MR) is 102 cm³/mol. The summed E-state index contributed by atoms with van der Waals surface area (Å²) >= 11 is 0. The summed E-state index contributed by atoms with van der Waals surface area (Å²) in [6.45, 7) is 1.58. The van der Waals surface area contributed by atoms with Crippen LogP contribution < -0.4 is 15.1 Å². The van der Waals surface area contributed by atoms with E-state index in [0.717, 1.165) is 21.7 Å². The monoisotopic (exact) mass is 360 g/mol. The third-order valence-corrected chi connectivity index (χ3v) is 4.23. The first-order valence-corrected chi connectivity index (χ1v) is 8.45. The number of fused-ring (bicyclic) bond motifs is 2. The molecule has 0 aliphatic carbocycles. The molecule has 1 heterocycles. The van der Waals surface area contributed by atoms with Crippen molar-refractivity contribution in [1.29, 1.82) is 0 Å². The topological polar surface area (TPSA) is 65.7 Å². The van der Waals surface area contributed by atoms with Gasteiger partial charge in [0.1, 0.15) is 17.1 Å². The molecule has 0 radical (unpaired) electrons. The first kappa shape index (κ1) is 16.8. The van der Waals surface area contributed by atoms with Crippen LogP contribution >= 0.6 is 0 Å². The van der Waals surface area contributed by atoms with Crippen LogP contribution in [0.15, 0.2) is 75.9 Å². The standard InChI is InChI=1S/C22H16O5/c1-14-10-21(23)27-20-12-17(8-9-19(14)20)25-13-22(24)26-18-7-6-15-4-2-3-5-16(15)11-18/h2-12H,13H2,1H3. The largest absolute Gasteiger partial charge is 0.482 e. The van der Waals surface area contributed by atoms with Crippen LogP contribution in [-0.2, 0) is 4.79 Å². The van der Waals surface area contributed by atoms with Crippen LogP contribution in [0.3, 0.4) is 0 Å². The molecule has 27 heavy (non-hydrogen) atoms. The summed E-state index contributed by atoms with van der Waals surface area (Å²) in [4.78, 5) is 23.6. The maximum Gasteiger partial charge on any atom is 0.349 e. The Morgan fingerprint density at radius 3 is 2.56 bits per heavy atom. The van der Waals surface area contributed by atoms with Crippen molar-refractivity contribution in [3.8, 4) is 11.5 Å². The molecule has 0 saturated carbocycles. The van der Waals surface area contributed by atoms with E-state index in [0.29, 0.717) is 17.1 Å². The van der Waals surface area contributed by atoms with E-state index in [9.17, 15) is 9.59 Å². The summed E-state index contributed by atoms with van der Waals surface area (Å²) in [5.74, 6) is 0.366. The van der Waals surface area contributed by atoms with Gasteiger partial charge in [0.2, 0.25) is 0 Å². The molecule has 4 rings (SSSR count). The van der Waals surface area contributed by atoms with Gasteiger partial charge in [-0.05, 0) is 47.5 Å². The van der Waals surface area contributed by atoms with E-state index in [1.165, 1.54) is 6.07 Å². The fourth-order valence-electron chi connectivity index (χ4n) is 2.93. The Morgan fingerprint density at radius 2 is 1.70 bits per heavy atom. The molecular formula is C22H16O5. The van der Waals surface area contributed by atoms with Gasteiger partial charge in [-0.2, -0.15) is 0 Å². The van der Waals surface area contributed by atoms with E-state index in [2.05, 4.69) is 0 Å². The highest BCUT2D eigenvalue weighted by Crippen LogP contribution is 2.23. The van der Waals surface area contributed by atoms with Crippen LogP contribution in [0.2, 0.25) is 0 Å². The minimum absolute atomic E-state index is 0.256. The van der Waals surface area contributed by atoms with E-state index in [-0.39, 0.29) is 6.61 Å². The summed E-state index contributed by atoms with van der Waals surface area (Å²) in [6, 6.07) is 19.8. The molecular weight excluding hydrogens is 344 g/mol. The SMILES string of the molecule is Cc1cc(=O)oc2cc(OCC(=O)Oc3ccc4ccccc4c3)ccc12. The molecule has 0 bridgehead atoms. The minimum atomic E-state index is -0.518. The van der Waals surface area contributed by atoms with Crippen molar-refractivity contribution in [3.05, 3.63) is 82.7 Å². The summed E-state index contributed by atoms with van der Waals surface area (Å²) in [5.41, 5.74) is 0.816. The van der Waals surface area contributed by atoms with E-state index in [4.69, 9.17) is 13.9 Å². The molecule has 5 heteroatoms. The Morgan fingerprint density at radius 1 is 0.926 bits per heavy atom. The molecule has 5 nitrogen and oxygen atoms in total. The third kappa shape index (κ3) is 3.67. The quantitative estimate of drug-likeness (QED) is 0.309. The van der Waals surface area contributed by atoms with Gasteiger partial charge < -0.3 is 13.9 Å². The fourth-order valence-corrected chi connectivity index (χ4v) is 2.93. The zero-order chi connectivity index (χ0) is 18.8. The summed E-state index contributed by atoms with van der Waals surface area (Å²) in [5, 5.41) is 2.88. The Kier molecular flexibility index (Phi) is 4.34. The number of hydrogen-bond donors (Lipinski definition) is 0. The Bertz CT molecular complexity index is 1210. The smallest absolute Gasteiger partial charge is 0.349 e. The predicted octanol–water partition coefficient (Wildman–Crippen LogP) is 4.24. The van der Waals surface area contributed by atoms with E-state index < -0.39 is 11.6 Å². The van der Waals surface area contributed by atoms with Gasteiger partial charge in [-0.3, -0.25) is 0 Å². The molecule has 0 unspecified atom stereocenters. The second kappa shape index (κ2) is 6.96. The average Bonchev–Trinajstić information content (AvgIpc) is 2.66. The normalized spacial score (nSPS) is 10.9. The Hall–Kier alpha value is -3.60. The van der Waals surface area contributed by atoms with Crippen molar-refractivity contribution in [1.82, 2.24) is 0 Å². The average molecular weight is 360 g/mol. The second-order valence-corrected chi connectivity index (χ2v) is 6.18. The molecule has 0 spiro atoms. The molecule has 0 saturated heterocycles. The highest BCUT2D eigenvalue weighted by atomic mass is 16.6. The zero-order valence-corrected chi connectivity index (χ0v) is 14.6. The first-order chi connectivity index (χ1) is 13.1. The van der Waals surface area contributed by atoms with Gasteiger partial charge in [0.05, 0.1) is 0 Å². The number of ether oxygens (including phenoxy) is 2. The maximum absolute atomic E-state index is 12.1. The summed E-state index contributed by atoms with van der Waals surface area (Å²) in [6.07, 6.45) is 0. The van der Waals surface area contributed by atoms with Crippen molar-refractivity contribution in [2.24, 2.45) is 0 Å². The van der Waals surface area contributed by atoms with Crippen LogP contribution in [0.4, 0.5) is 0 Å². The van der Waals surface area contributed by atoms with Gasteiger partial charge in [-0.1, -0.05) is 30.3 Å². The van der Waals surface area contributed by atoms with Gasteiger partial charge in [0.25, 0.3) is 0 Å². The van der Waals surface area contributed by atoms with E-state index >= 15 is 0 Å². The summed E-state index contributed by atoms with van der Waals surface area (Å²) in [7, 11) is 0. The van der Waals surface area contributed by atoms with Gasteiger partial charge in [0.15, 0.2) is 6.61 Å². The first-order valence-electron chi connectivity index (χ1n) is 8.45. The van der Waals surface area contributed by atoms with Gasteiger partial charge in [0, 0.05) is 17.5 Å². The number of esters is 1. The highest BCUT2D eigenvalue weighted by molar-refractivity contribution is 5.85. The zero-order valence-electron chi connectivity index (χ0n) is 14.6. The maximum atomic E-state index is 12.1. The van der Waals surface area contributed by atoms with Crippen molar-refractivity contribution < 1.29 is 18.7 Å². The van der Waals surface area contributed by atoms with Crippen LogP contribution in [0.1, 0.15) is 5.56 Å². The summed E-state index contributed by atoms with van der Waals surface area (Å²) < 4.78 is 16.0. The van der Waals surface area contributed by atoms with Gasteiger partial charge >= 0.3 is 11.6 Å². The lowest BCUT2D eigenvalue weighted by Crippen LogP contribution is -2.17. The third-order valence-electron chi connectivity index (χ3n) is 4.23. The highest BCUT2D eigenvalue weighted by Gasteiger charge is 2.09. The lowest BCUT2D eigenvalue weighted by atomic mass is 10.1. The molecule has 1 aromatic heterocycles. The Balaban J connectivity index is 1.45. The number of aryl methyl sites for hydroxylation is 1. The lowest BCUT2D eigenvalue weighted by Gasteiger charge is -2.08. The molecule has 0 aliphatic heterocycles. The molecule has 3 aromatic carbocycles. The number of carbonyl (C=O) groups excluding carboxylic acids is 1. The number of hydrogen-bond acceptors (Lipinski definition) is 5. The number of carbonyl (C=O) groups is 1. The van der Waals surface area contributed by atoms with Crippen LogP contribution in [0.5, 0.6) is 11.5 Å². The molecule has 0 fully saturated rings. The number of benzene rings is 3. The molecule has 0 atom stereocenters. The molecule has 0 aliphatic rings. The van der Waals surface area contributed by atoms with Crippen molar-refractivity contribution in [3.63, 3.8) is 0 Å². The van der Waals surface area contributed by atoms with Crippen LogP contribution in [0.25, 0.3) is 21.7 Å². The van der Waals surface area contributed by atoms with E-state index in [1.54, 1.807) is 30.3 Å². The van der Waals surface area contributed by atoms with Crippen molar-refractivity contribution in [2.75, 3.05) is 6.61 Å². The lowest BCUT2D eigenvalue weighted by molar-refractivity contribution is -0.136. The van der Waals surface area contributed by atoms with Crippen LogP contribution in [-0.4, -0.2) is 12.6 Å². The minimum Gasteiger partial charge on any atom is -0.482 e. The number of rotatable bonds is 4. The van der Waals surface area contributed by atoms with Crippen LogP contribution in [0, 0.1) is 6.92 Å². The molecule has 0 amide bonds. The molecule has 134 valence electrons. The second-order valence-electron chi connectivity index (χ2n) is 6.18. The van der Waals surface area contributed by atoms with Gasteiger partial charge in [-0.25, -0.2) is 9.59 Å². The van der Waals surface area contributed by atoms with E-state index in [1.807, 2.05) is 37.3 Å². The van der Waals surface area contributed by atoms with Gasteiger partial charge in [-0.15, -0.1) is 0 Å². The van der Waals surface area contributed by atoms with Crippen molar-refractivity contribution >= 4 is 27.7 Å². The fraction of sp³-hybridized carbons (Fsp3) is 0.0909.